The monoisotopic (exact) mass is 259 g/mol. The number of carbonyl (C=O) groups excluding carboxylic acids is 1. The molecule has 1 aliphatic rings. The zero-order chi connectivity index (χ0) is 11.8. The zero-order valence-electron chi connectivity index (χ0n) is 8.34. The van der Waals surface area contributed by atoms with Crippen LogP contribution in [0.5, 0.6) is 0 Å². The first-order valence-corrected chi connectivity index (χ1v) is 7.17. The van der Waals surface area contributed by atoms with Crippen molar-refractivity contribution in [2.75, 3.05) is 11.4 Å². The van der Waals surface area contributed by atoms with Gasteiger partial charge in [-0.05, 0) is 18.6 Å². The fraction of sp³-hybridized carbons (Fsp3) is 0.300. The number of nitrogens with zero attached hydrogens (tertiary/aromatic N) is 1. The molecule has 2 rings (SSSR count). The number of rotatable bonds is 2. The van der Waals surface area contributed by atoms with Gasteiger partial charge in [0.15, 0.2) is 5.25 Å². The van der Waals surface area contributed by atoms with E-state index in [9.17, 15) is 13.2 Å². The van der Waals surface area contributed by atoms with Gasteiger partial charge in [0.25, 0.3) is 0 Å². The Kier molecular flexibility index (Phi) is 2.90. The molecule has 0 bridgehead atoms. The highest BCUT2D eigenvalue weighted by molar-refractivity contribution is 8.14. The maximum absolute atomic E-state index is 11.8. The molecule has 0 saturated carbocycles. The topological polar surface area (TPSA) is 54.5 Å². The molecule has 1 saturated heterocycles. The average molecular weight is 260 g/mol. The van der Waals surface area contributed by atoms with Crippen LogP contribution < -0.4 is 4.90 Å². The van der Waals surface area contributed by atoms with E-state index in [4.69, 9.17) is 10.7 Å². The summed E-state index contributed by atoms with van der Waals surface area (Å²) in [4.78, 5) is 13.3. The van der Waals surface area contributed by atoms with E-state index in [1.165, 1.54) is 4.90 Å². The Hall–Kier alpha value is -1.07. The molecule has 6 heteroatoms. The molecule has 1 aliphatic heterocycles. The molecule has 1 aromatic carbocycles. The highest BCUT2D eigenvalue weighted by Crippen LogP contribution is 2.26. The van der Waals surface area contributed by atoms with Gasteiger partial charge in [0, 0.05) is 22.9 Å². The second-order valence-corrected chi connectivity index (χ2v) is 6.39. The normalized spacial score (nSPS) is 21.4. The first-order valence-electron chi connectivity index (χ1n) is 4.80. The van der Waals surface area contributed by atoms with Crippen LogP contribution in [0.4, 0.5) is 5.69 Å². The summed E-state index contributed by atoms with van der Waals surface area (Å²) in [6.45, 7) is 0.388. The van der Waals surface area contributed by atoms with Crippen LogP contribution in [0, 0.1) is 0 Å². The molecule has 0 aromatic heterocycles. The molecule has 0 radical (unpaired) electrons. The van der Waals surface area contributed by atoms with E-state index in [-0.39, 0.29) is 6.42 Å². The van der Waals surface area contributed by atoms with Gasteiger partial charge in [-0.15, -0.1) is 0 Å². The molecule has 4 nitrogen and oxygen atoms in total. The van der Waals surface area contributed by atoms with Crippen LogP contribution in [0.3, 0.4) is 0 Å². The van der Waals surface area contributed by atoms with Gasteiger partial charge in [-0.1, -0.05) is 18.2 Å². The first-order chi connectivity index (χ1) is 7.50. The molecule has 1 heterocycles. The lowest BCUT2D eigenvalue weighted by atomic mass is 10.3. The van der Waals surface area contributed by atoms with Crippen molar-refractivity contribution < 1.29 is 13.2 Å². The molecule has 0 aliphatic carbocycles. The Morgan fingerprint density at radius 2 is 1.88 bits per heavy atom. The van der Waals surface area contributed by atoms with Crippen LogP contribution in [-0.2, 0) is 13.8 Å². The van der Waals surface area contributed by atoms with Crippen molar-refractivity contribution in [3.63, 3.8) is 0 Å². The summed E-state index contributed by atoms with van der Waals surface area (Å²) in [6.07, 6.45) is 0.250. The third-order valence-electron chi connectivity index (χ3n) is 2.56. The number of amides is 1. The summed E-state index contributed by atoms with van der Waals surface area (Å²) >= 11 is 0. The molecule has 86 valence electrons. The number of hydrogen-bond donors (Lipinski definition) is 0. The van der Waals surface area contributed by atoms with Gasteiger partial charge in [0.05, 0.1) is 0 Å². The standard InChI is InChI=1S/C10H10ClNO3S/c11-16(14,15)9-6-7-12(10(9)13)8-4-2-1-3-5-8/h1-5,9H,6-7H2/t9-/m0/s1. The molecule has 0 unspecified atom stereocenters. The maximum Gasteiger partial charge on any atom is 0.246 e. The highest BCUT2D eigenvalue weighted by Gasteiger charge is 2.40. The summed E-state index contributed by atoms with van der Waals surface area (Å²) in [5.74, 6) is -0.443. The van der Waals surface area contributed by atoms with Gasteiger partial charge < -0.3 is 4.90 Å². The fourth-order valence-electron chi connectivity index (χ4n) is 1.78. The number of halogens is 1. The van der Waals surface area contributed by atoms with Crippen LogP contribution in [-0.4, -0.2) is 26.1 Å². The van der Waals surface area contributed by atoms with E-state index in [0.29, 0.717) is 12.2 Å². The molecule has 1 fully saturated rings. The van der Waals surface area contributed by atoms with E-state index in [2.05, 4.69) is 0 Å². The minimum absolute atomic E-state index is 0.250. The molecule has 0 N–H and O–H groups in total. The summed E-state index contributed by atoms with van der Waals surface area (Å²) in [7, 11) is 1.40. The van der Waals surface area contributed by atoms with Gasteiger partial charge in [-0.25, -0.2) is 8.42 Å². The lowest BCUT2D eigenvalue weighted by molar-refractivity contribution is -0.116. The lowest BCUT2D eigenvalue weighted by Crippen LogP contribution is -2.31. The number of para-hydroxylation sites is 1. The third-order valence-corrected chi connectivity index (χ3v) is 4.33. The summed E-state index contributed by atoms with van der Waals surface area (Å²) in [5.41, 5.74) is 0.704. The largest absolute Gasteiger partial charge is 0.311 e. The van der Waals surface area contributed by atoms with Gasteiger partial charge in [0.2, 0.25) is 15.0 Å². The van der Waals surface area contributed by atoms with E-state index >= 15 is 0 Å². The quantitative estimate of drug-likeness (QED) is 0.754. The SMILES string of the molecule is O=C1[C@@H](S(=O)(=O)Cl)CCN1c1ccccc1. The second-order valence-electron chi connectivity index (χ2n) is 3.58. The van der Waals surface area contributed by atoms with Crippen LogP contribution in [0.1, 0.15) is 6.42 Å². The lowest BCUT2D eigenvalue weighted by Gasteiger charge is -2.15. The Morgan fingerprint density at radius 3 is 2.38 bits per heavy atom. The van der Waals surface area contributed by atoms with Gasteiger partial charge in [0.1, 0.15) is 0 Å². The Balaban J connectivity index is 2.27. The van der Waals surface area contributed by atoms with Crippen molar-refractivity contribution in [2.45, 2.75) is 11.7 Å². The van der Waals surface area contributed by atoms with Crippen LogP contribution in [0.15, 0.2) is 30.3 Å². The van der Waals surface area contributed by atoms with E-state index in [1.807, 2.05) is 6.07 Å². The summed E-state index contributed by atoms with van der Waals surface area (Å²) in [6, 6.07) is 8.96. The number of hydrogen-bond acceptors (Lipinski definition) is 3. The fourth-order valence-corrected chi connectivity index (χ4v) is 3.03. The second kappa shape index (κ2) is 4.07. The molecular formula is C10H10ClNO3S. The summed E-state index contributed by atoms with van der Waals surface area (Å²) in [5, 5.41) is -1.10. The molecule has 1 amide bonds. The third kappa shape index (κ3) is 2.05. The predicted molar refractivity (Wildman–Crippen MR) is 62.0 cm³/mol. The van der Waals surface area contributed by atoms with Gasteiger partial charge >= 0.3 is 0 Å². The van der Waals surface area contributed by atoms with Gasteiger partial charge in [-0.2, -0.15) is 0 Å². The molecule has 1 aromatic rings. The number of carbonyl (C=O) groups is 1. The zero-order valence-corrected chi connectivity index (χ0v) is 9.91. The average Bonchev–Trinajstić information content (AvgIpc) is 2.61. The van der Waals surface area contributed by atoms with Gasteiger partial charge in [-0.3, -0.25) is 4.79 Å². The predicted octanol–water partition coefficient (Wildman–Crippen LogP) is 1.36. The van der Waals surface area contributed by atoms with Crippen LogP contribution in [0.25, 0.3) is 0 Å². The Morgan fingerprint density at radius 1 is 1.25 bits per heavy atom. The van der Waals surface area contributed by atoms with E-state index < -0.39 is 20.2 Å². The van der Waals surface area contributed by atoms with Crippen molar-refractivity contribution in [1.82, 2.24) is 0 Å². The van der Waals surface area contributed by atoms with Crippen molar-refractivity contribution in [3.05, 3.63) is 30.3 Å². The molecule has 0 spiro atoms. The van der Waals surface area contributed by atoms with Crippen molar-refractivity contribution in [2.24, 2.45) is 0 Å². The summed E-state index contributed by atoms with van der Waals surface area (Å²) < 4.78 is 22.3. The van der Waals surface area contributed by atoms with E-state index in [0.717, 1.165) is 0 Å². The van der Waals surface area contributed by atoms with Crippen molar-refractivity contribution in [1.29, 1.82) is 0 Å². The Bertz CT molecular complexity index is 500. The van der Waals surface area contributed by atoms with Crippen LogP contribution in [0.2, 0.25) is 0 Å². The molecule has 16 heavy (non-hydrogen) atoms. The minimum atomic E-state index is -3.81. The maximum atomic E-state index is 11.8. The molecular weight excluding hydrogens is 250 g/mol. The smallest absolute Gasteiger partial charge is 0.246 e. The van der Waals surface area contributed by atoms with Crippen LogP contribution >= 0.6 is 10.7 Å². The van der Waals surface area contributed by atoms with E-state index in [1.54, 1.807) is 24.3 Å². The number of benzene rings is 1. The Labute approximate surface area is 98.2 Å². The number of anilines is 1. The molecule has 1 atom stereocenters. The highest BCUT2D eigenvalue weighted by atomic mass is 35.7. The minimum Gasteiger partial charge on any atom is -0.311 e. The van der Waals surface area contributed by atoms with Crippen molar-refractivity contribution >= 4 is 31.3 Å². The van der Waals surface area contributed by atoms with Crippen molar-refractivity contribution in [3.8, 4) is 0 Å². The first kappa shape index (κ1) is 11.4.